The van der Waals surface area contributed by atoms with Gasteiger partial charge in [-0.3, -0.25) is 19.5 Å². The number of fused-ring (bicyclic) bond motifs is 1. The number of hydrogen-bond donors (Lipinski definition) is 3. The molecule has 75 heavy (non-hydrogen) atoms. The maximum atomic E-state index is 13.4. The summed E-state index contributed by atoms with van der Waals surface area (Å²) in [5.74, 6) is -0.0742. The Labute approximate surface area is 440 Å². The molecule has 0 aliphatic carbocycles. The Morgan fingerprint density at radius 1 is 0.893 bits per heavy atom. The Bertz CT molecular complexity index is 2680. The number of hydrogen-bond acceptors (Lipinski definition) is 15. The zero-order valence-electron chi connectivity index (χ0n) is 43.4. The van der Waals surface area contributed by atoms with E-state index in [-0.39, 0.29) is 71.0 Å². The molecule has 0 saturated carbocycles. The molecule has 1 aromatic heterocycles. The first-order chi connectivity index (χ1) is 36.3. The number of guanidine groups is 1. The Morgan fingerprint density at radius 3 is 2.15 bits per heavy atom. The molecule has 396 valence electrons. The molecule has 3 N–H and O–H groups in total. The Hall–Kier alpha value is -6.61. The van der Waals surface area contributed by atoms with Gasteiger partial charge in [-0.1, -0.05) is 108 Å². The van der Waals surface area contributed by atoms with Crippen molar-refractivity contribution in [2.45, 2.75) is 103 Å². The van der Waals surface area contributed by atoms with Gasteiger partial charge in [0.15, 0.2) is 19.0 Å². The number of amides is 2. The molecular weight excluding hydrogens is 978 g/mol. The van der Waals surface area contributed by atoms with Crippen LogP contribution in [-0.4, -0.2) is 109 Å². The summed E-state index contributed by atoms with van der Waals surface area (Å²) in [5, 5.41) is 17.9. The van der Waals surface area contributed by atoms with Crippen LogP contribution in [0.25, 0.3) is 4.85 Å². The van der Waals surface area contributed by atoms with Gasteiger partial charge in [0.25, 0.3) is 14.4 Å². The molecule has 19 nitrogen and oxygen atoms in total. The van der Waals surface area contributed by atoms with Gasteiger partial charge in [-0.05, 0) is 70.4 Å². The van der Waals surface area contributed by atoms with Crippen LogP contribution in [0.3, 0.4) is 0 Å². The van der Waals surface area contributed by atoms with Crippen molar-refractivity contribution in [3.63, 3.8) is 0 Å². The highest BCUT2D eigenvalue weighted by molar-refractivity contribution is 7.44. The lowest BCUT2D eigenvalue weighted by atomic mass is 9.79. The molecule has 20 heteroatoms. The summed E-state index contributed by atoms with van der Waals surface area (Å²) in [5.41, 5.74) is 3.93. The predicted octanol–water partition coefficient (Wildman–Crippen LogP) is 8.43. The van der Waals surface area contributed by atoms with E-state index in [1.165, 1.54) is 13.3 Å². The van der Waals surface area contributed by atoms with Crippen molar-refractivity contribution in [3.8, 4) is 11.8 Å². The molecule has 0 radical (unpaired) electrons. The van der Waals surface area contributed by atoms with Crippen molar-refractivity contribution in [3.05, 3.63) is 160 Å². The van der Waals surface area contributed by atoms with Crippen LogP contribution >= 0.6 is 8.53 Å². The lowest BCUT2D eigenvalue weighted by Crippen LogP contribution is -2.44. The zero-order chi connectivity index (χ0) is 53.3. The van der Waals surface area contributed by atoms with Gasteiger partial charge in [0.05, 0.1) is 32.0 Å². The molecule has 0 bridgehead atoms. The standard InChI is InChI=1S/C55H66N9O10P/c1-37(2)64(38(3)4)75(72-31-29-57-8)74-49-46(32-71-55(42-16-11-9-12-17-42,43-24-20-39(5)21-25-43)44-26-22-40(6)23-27-44)73-53(50(49)70-36-68-35-67-30-15-28-56)63-34-58-48-51(59-41(7)65)61-54(62-52(48)63)60-47(66)33-69-45-18-13-10-14-19-45/h9-14,16-27,34,37-38,46,49-51,53H,15,29-33,35-36H2,1-7H3,(H,59,65)(H2,60,61,62,66)/t46-,49+,50?,51?,53-,75?/m1/s1. The smallest absolute Gasteiger partial charge is 0.264 e. The second kappa shape index (κ2) is 27.3. The Morgan fingerprint density at radius 2 is 1.53 bits per heavy atom. The van der Waals surface area contributed by atoms with Gasteiger partial charge < -0.3 is 52.9 Å². The molecule has 1 saturated heterocycles. The van der Waals surface area contributed by atoms with Crippen molar-refractivity contribution in [1.82, 2.24) is 24.9 Å². The summed E-state index contributed by atoms with van der Waals surface area (Å²) in [4.78, 5) is 39.0. The van der Waals surface area contributed by atoms with E-state index >= 15 is 0 Å². The van der Waals surface area contributed by atoms with Gasteiger partial charge in [0.2, 0.25) is 18.4 Å². The molecule has 4 aromatic carbocycles. The number of aryl methyl sites for hydroxylation is 2. The first-order valence-corrected chi connectivity index (χ1v) is 26.0. The Balaban J connectivity index is 1.33. The third kappa shape index (κ3) is 14.4. The molecule has 7 rings (SSSR count). The second-order valence-electron chi connectivity index (χ2n) is 18.4. The number of ether oxygens (including phenoxy) is 6. The topological polar surface area (TPSA) is 206 Å². The number of nitriles is 1. The molecule has 1 fully saturated rings. The fourth-order valence-corrected chi connectivity index (χ4v) is 10.5. The van der Waals surface area contributed by atoms with Crippen molar-refractivity contribution < 1.29 is 47.1 Å². The minimum absolute atomic E-state index is 0.00994. The van der Waals surface area contributed by atoms with Crippen molar-refractivity contribution in [1.29, 1.82) is 5.26 Å². The van der Waals surface area contributed by atoms with Crippen LogP contribution in [0.4, 0.5) is 5.82 Å². The van der Waals surface area contributed by atoms with E-state index in [4.69, 9.17) is 54.3 Å². The summed E-state index contributed by atoms with van der Waals surface area (Å²) in [6.45, 7) is 20.7. The van der Waals surface area contributed by atoms with Crippen LogP contribution in [0.2, 0.25) is 0 Å². The highest BCUT2D eigenvalue weighted by Crippen LogP contribution is 2.52. The van der Waals surface area contributed by atoms with Gasteiger partial charge in [0, 0.05) is 19.0 Å². The molecule has 0 spiro atoms. The molecule has 5 aromatic rings. The number of aliphatic imine (C=N–C) groups is 1. The largest absolute Gasteiger partial charge is 0.484 e. The predicted molar refractivity (Wildman–Crippen MR) is 282 cm³/mol. The molecule has 3 unspecified atom stereocenters. The van der Waals surface area contributed by atoms with E-state index < -0.39 is 56.6 Å². The number of para-hydroxylation sites is 1. The van der Waals surface area contributed by atoms with Gasteiger partial charge in [-0.15, -0.1) is 0 Å². The van der Waals surface area contributed by atoms with Gasteiger partial charge in [-0.2, -0.15) is 5.26 Å². The molecule has 3 heterocycles. The fourth-order valence-electron chi connectivity index (χ4n) is 8.79. The highest BCUT2D eigenvalue weighted by Gasteiger charge is 2.52. The van der Waals surface area contributed by atoms with Crippen LogP contribution < -0.4 is 20.7 Å². The maximum Gasteiger partial charge on any atom is 0.264 e. The highest BCUT2D eigenvalue weighted by atomic mass is 31.2. The first kappa shape index (κ1) is 56.1. The lowest BCUT2D eigenvalue weighted by Gasteiger charge is -2.39. The normalized spacial score (nSPS) is 18.7. The average molecular weight is 1040 g/mol. The quantitative estimate of drug-likeness (QED) is 0.0156. The van der Waals surface area contributed by atoms with Gasteiger partial charge >= 0.3 is 0 Å². The Kier molecular flexibility index (Phi) is 20.4. The van der Waals surface area contributed by atoms with Crippen molar-refractivity contribution in [2.24, 2.45) is 4.99 Å². The summed E-state index contributed by atoms with van der Waals surface area (Å²) < 4.78 is 56.2. The van der Waals surface area contributed by atoms with E-state index in [9.17, 15) is 9.59 Å². The molecular formula is C55H66N9O10P. The number of nitrogens with zero attached hydrogens (tertiary/aromatic N) is 6. The minimum atomic E-state index is -1.91. The van der Waals surface area contributed by atoms with Crippen molar-refractivity contribution >= 4 is 32.1 Å². The molecule has 2 aliphatic heterocycles. The number of aromatic nitrogens is 2. The van der Waals surface area contributed by atoms with E-state index in [0.29, 0.717) is 17.3 Å². The minimum Gasteiger partial charge on any atom is -0.484 e. The summed E-state index contributed by atoms with van der Waals surface area (Å²) in [6, 6.07) is 37.4. The van der Waals surface area contributed by atoms with Crippen LogP contribution in [-0.2, 0) is 47.9 Å². The van der Waals surface area contributed by atoms with Gasteiger partial charge in [-0.25, -0.2) is 21.2 Å². The molecule has 6 atom stereocenters. The lowest BCUT2D eigenvalue weighted by molar-refractivity contribution is -0.173. The number of carbonyl (C=O) groups is 2. The summed E-state index contributed by atoms with van der Waals surface area (Å²) >= 11 is 0. The number of carbonyl (C=O) groups excluding carboxylic acids is 2. The van der Waals surface area contributed by atoms with Crippen LogP contribution in [0.15, 0.2) is 121 Å². The van der Waals surface area contributed by atoms with Crippen LogP contribution in [0.1, 0.15) is 86.9 Å². The second-order valence-corrected chi connectivity index (χ2v) is 19.8. The van der Waals surface area contributed by atoms with Crippen LogP contribution in [0.5, 0.6) is 5.75 Å². The summed E-state index contributed by atoms with van der Waals surface area (Å²) in [7, 11) is -1.91. The molecule has 2 aliphatic rings. The van der Waals surface area contributed by atoms with E-state index in [1.54, 1.807) is 28.8 Å². The van der Waals surface area contributed by atoms with E-state index in [0.717, 1.165) is 27.8 Å². The number of nitrogens with one attached hydrogen (secondary N) is 3. The zero-order valence-corrected chi connectivity index (χ0v) is 44.3. The van der Waals surface area contributed by atoms with E-state index in [1.807, 2.05) is 50.2 Å². The maximum absolute atomic E-state index is 13.4. The molecule has 2 amide bonds. The monoisotopic (exact) mass is 1040 g/mol. The van der Waals surface area contributed by atoms with Crippen molar-refractivity contribution in [2.75, 3.05) is 51.9 Å². The SMILES string of the molecule is [C-]#[N+]CCOP(O[C@@H]1C(OCOCOCCC#N)[C@H](n2cnc3c2NC(NC(=O)COc2ccccc2)=NC3NC(C)=O)O[C@@H]1COC(c1ccccc1)(c1ccc(C)cc1)c1ccc(C)cc1)N(C(C)C)C(C)C. The number of imidazole rings is 1. The van der Waals surface area contributed by atoms with Crippen LogP contribution in [0, 0.1) is 31.8 Å². The average Bonchev–Trinajstić information content (AvgIpc) is 3.98. The fraction of sp³-hybridized carbons (Fsp3) is 0.418. The summed E-state index contributed by atoms with van der Waals surface area (Å²) in [6.07, 6.45) is -3.30. The van der Waals surface area contributed by atoms with E-state index in [2.05, 4.69) is 113 Å². The number of benzene rings is 4. The third-order valence-corrected chi connectivity index (χ3v) is 14.3. The third-order valence-electron chi connectivity index (χ3n) is 12.1. The first-order valence-electron chi connectivity index (χ1n) is 24.8. The number of rotatable bonds is 26. The number of anilines is 1. The van der Waals surface area contributed by atoms with Gasteiger partial charge in [0.1, 0.15) is 61.4 Å².